The highest BCUT2D eigenvalue weighted by atomic mass is 35.5. The lowest BCUT2D eigenvalue weighted by atomic mass is 9.77. The van der Waals surface area contributed by atoms with Gasteiger partial charge in [0.25, 0.3) is 5.91 Å². The van der Waals surface area contributed by atoms with E-state index in [2.05, 4.69) is 17.0 Å². The number of imidazole rings is 1. The number of carbonyl (C=O) groups excluding carboxylic acids is 1. The van der Waals surface area contributed by atoms with Crippen molar-refractivity contribution in [1.82, 2.24) is 9.55 Å². The van der Waals surface area contributed by atoms with Gasteiger partial charge in [0.05, 0.1) is 22.2 Å². The molecule has 0 aliphatic carbocycles. The molecule has 1 unspecified atom stereocenters. The summed E-state index contributed by atoms with van der Waals surface area (Å²) in [5, 5.41) is 13.4. The van der Waals surface area contributed by atoms with Gasteiger partial charge >= 0.3 is 12.7 Å². The Labute approximate surface area is 224 Å². The first-order chi connectivity index (χ1) is 17.6. The van der Waals surface area contributed by atoms with Crippen LogP contribution in [0.2, 0.25) is 0 Å². The van der Waals surface area contributed by atoms with Crippen LogP contribution in [0.25, 0.3) is 11.0 Å². The van der Waals surface area contributed by atoms with E-state index in [0.717, 1.165) is 11.9 Å². The summed E-state index contributed by atoms with van der Waals surface area (Å²) in [5.74, 6) is -0.0509. The molecule has 1 fully saturated rings. The smallest absolute Gasteiger partial charge is 0.420 e. The lowest BCUT2D eigenvalue weighted by molar-refractivity contribution is -0.0964. The SMILES string of the molecule is C[C@@H]1CCC(O)c2nc3cc(C(=O)Nc4ccc(OC(F)(F)Cl)cc4)cc(B4OC(C)(C)C(C)(C)O4)c3n21. The summed E-state index contributed by atoms with van der Waals surface area (Å²) < 4.78 is 44.8. The Morgan fingerprint density at radius 3 is 2.42 bits per heavy atom. The summed E-state index contributed by atoms with van der Waals surface area (Å²) in [5.41, 5.74) is -2.46. The van der Waals surface area contributed by atoms with E-state index in [1.165, 1.54) is 24.3 Å². The Hall–Kier alpha value is -2.73. The zero-order valence-corrected chi connectivity index (χ0v) is 22.5. The van der Waals surface area contributed by atoms with Crippen molar-refractivity contribution in [2.75, 3.05) is 5.32 Å². The van der Waals surface area contributed by atoms with E-state index in [0.29, 0.717) is 34.5 Å². The van der Waals surface area contributed by atoms with E-state index < -0.39 is 35.9 Å². The van der Waals surface area contributed by atoms with Gasteiger partial charge in [0.1, 0.15) is 17.7 Å². The lowest BCUT2D eigenvalue weighted by Crippen LogP contribution is -2.41. The minimum atomic E-state index is -3.83. The van der Waals surface area contributed by atoms with E-state index in [4.69, 9.17) is 25.9 Å². The van der Waals surface area contributed by atoms with Gasteiger partial charge < -0.3 is 29.0 Å². The Morgan fingerprint density at radius 1 is 1.18 bits per heavy atom. The van der Waals surface area contributed by atoms with Crippen LogP contribution >= 0.6 is 11.6 Å². The highest BCUT2D eigenvalue weighted by Crippen LogP contribution is 2.39. The second-order valence-corrected chi connectivity index (χ2v) is 11.3. The van der Waals surface area contributed by atoms with E-state index >= 15 is 0 Å². The van der Waals surface area contributed by atoms with E-state index in [9.17, 15) is 18.7 Å². The molecule has 1 saturated heterocycles. The maximum Gasteiger partial charge on any atom is 0.497 e. The molecule has 5 rings (SSSR count). The summed E-state index contributed by atoms with van der Waals surface area (Å²) >= 11 is 4.81. The fraction of sp³-hybridized carbons (Fsp3) is 0.462. The number of rotatable bonds is 5. The summed E-state index contributed by atoms with van der Waals surface area (Å²) in [6, 6.07) is 8.87. The molecule has 1 amide bonds. The second-order valence-electron chi connectivity index (χ2n) is 10.8. The predicted octanol–water partition coefficient (Wildman–Crippen LogP) is 5.14. The summed E-state index contributed by atoms with van der Waals surface area (Å²) in [6.07, 6.45) is 0.655. The molecule has 2 aromatic carbocycles. The minimum absolute atomic E-state index is 0.0837. The first kappa shape index (κ1) is 26.9. The van der Waals surface area contributed by atoms with E-state index in [1.807, 2.05) is 32.3 Å². The van der Waals surface area contributed by atoms with Gasteiger partial charge in [-0.05, 0) is 83.9 Å². The fourth-order valence-corrected chi connectivity index (χ4v) is 4.93. The number of amides is 1. The van der Waals surface area contributed by atoms with Crippen molar-refractivity contribution < 1.29 is 32.7 Å². The molecular weight excluding hydrogens is 519 g/mol. The van der Waals surface area contributed by atoms with Gasteiger partial charge in [0, 0.05) is 34.4 Å². The summed E-state index contributed by atoms with van der Waals surface area (Å²) in [4.78, 5) is 18.0. The maximum atomic E-state index is 13.3. The van der Waals surface area contributed by atoms with Gasteiger partial charge in [-0.25, -0.2) is 4.98 Å². The monoisotopic (exact) mass is 547 g/mol. The van der Waals surface area contributed by atoms with Crippen LogP contribution in [-0.2, 0) is 9.31 Å². The van der Waals surface area contributed by atoms with Gasteiger partial charge in [-0.3, -0.25) is 4.79 Å². The zero-order valence-electron chi connectivity index (χ0n) is 21.7. The molecule has 2 atom stereocenters. The molecule has 2 aliphatic rings. The molecule has 0 spiro atoms. The third kappa shape index (κ3) is 4.88. The first-order valence-electron chi connectivity index (χ1n) is 12.4. The van der Waals surface area contributed by atoms with Crippen LogP contribution in [0, 0.1) is 0 Å². The maximum absolute atomic E-state index is 13.3. The molecule has 3 heterocycles. The number of halogens is 3. The Morgan fingerprint density at radius 2 is 1.82 bits per heavy atom. The molecule has 8 nitrogen and oxygen atoms in total. The van der Waals surface area contributed by atoms with Crippen molar-refractivity contribution in [2.24, 2.45) is 0 Å². The van der Waals surface area contributed by atoms with Crippen LogP contribution in [0.1, 0.15) is 75.8 Å². The van der Waals surface area contributed by atoms with Gasteiger partial charge in [0.2, 0.25) is 0 Å². The number of ether oxygens (including phenoxy) is 1. The zero-order chi connectivity index (χ0) is 27.6. The number of alkyl halides is 3. The Kier molecular flexibility index (Phi) is 6.49. The number of carbonyl (C=O) groups is 1. The number of fused-ring (bicyclic) bond motifs is 3. The number of benzene rings is 2. The Bertz CT molecular complexity index is 1370. The molecule has 3 aromatic rings. The predicted molar refractivity (Wildman–Crippen MR) is 140 cm³/mol. The average Bonchev–Trinajstić information content (AvgIpc) is 3.30. The van der Waals surface area contributed by atoms with E-state index in [1.54, 1.807) is 12.1 Å². The number of aromatic nitrogens is 2. The van der Waals surface area contributed by atoms with Crippen molar-refractivity contribution in [2.45, 2.75) is 76.4 Å². The van der Waals surface area contributed by atoms with Gasteiger partial charge in [-0.1, -0.05) is 0 Å². The topological polar surface area (TPSA) is 94.8 Å². The highest BCUT2D eigenvalue weighted by molar-refractivity contribution is 6.65. The average molecular weight is 548 g/mol. The fourth-order valence-electron chi connectivity index (χ4n) is 4.84. The standard InChI is InChI=1S/C26H29BClF2N3O5/c1-14-6-11-20(34)22-32-19-13-15(23(35)31-16-7-9-17(10-8-16)36-26(28,29)30)12-18(21(19)33(14)22)27-37-24(2,3)25(4,5)38-27/h7-10,12-14,20,34H,6,11H2,1-5H3,(H,31,35)/t14-,20?/m1/s1. The van der Waals surface area contributed by atoms with Crippen molar-refractivity contribution in [3.63, 3.8) is 0 Å². The Balaban J connectivity index is 1.54. The van der Waals surface area contributed by atoms with Crippen molar-refractivity contribution in [3.05, 3.63) is 47.8 Å². The molecule has 12 heteroatoms. The molecule has 0 saturated carbocycles. The molecular formula is C26H29BClF2N3O5. The van der Waals surface area contributed by atoms with Gasteiger partial charge in [0.15, 0.2) is 0 Å². The van der Waals surface area contributed by atoms with E-state index in [-0.39, 0.29) is 11.8 Å². The normalized spacial score (nSPS) is 22.4. The molecule has 0 bridgehead atoms. The third-order valence-electron chi connectivity index (χ3n) is 7.55. The molecule has 2 N–H and O–H groups in total. The second kappa shape index (κ2) is 9.19. The summed E-state index contributed by atoms with van der Waals surface area (Å²) in [6.45, 7) is 9.87. The quantitative estimate of drug-likeness (QED) is 0.339. The van der Waals surface area contributed by atoms with Crippen LogP contribution in [0.4, 0.5) is 14.5 Å². The van der Waals surface area contributed by atoms with Crippen LogP contribution in [0.15, 0.2) is 36.4 Å². The molecule has 1 aromatic heterocycles. The number of anilines is 1. The third-order valence-corrected chi connectivity index (χ3v) is 7.63. The van der Waals surface area contributed by atoms with Gasteiger partial charge in [-0.15, -0.1) is 8.78 Å². The van der Waals surface area contributed by atoms with Crippen LogP contribution < -0.4 is 15.5 Å². The minimum Gasteiger partial charge on any atom is -0.420 e. The lowest BCUT2D eigenvalue weighted by Gasteiger charge is -2.32. The number of nitrogens with zero attached hydrogens (tertiary/aromatic N) is 2. The first-order valence-corrected chi connectivity index (χ1v) is 12.8. The van der Waals surface area contributed by atoms with Crippen molar-refractivity contribution >= 4 is 46.8 Å². The van der Waals surface area contributed by atoms with Crippen LogP contribution in [0.5, 0.6) is 5.75 Å². The number of hydrogen-bond acceptors (Lipinski definition) is 6. The summed E-state index contributed by atoms with van der Waals surface area (Å²) in [7, 11) is -0.768. The van der Waals surface area contributed by atoms with Crippen molar-refractivity contribution in [1.29, 1.82) is 0 Å². The van der Waals surface area contributed by atoms with Crippen LogP contribution in [0.3, 0.4) is 0 Å². The number of aliphatic hydroxyl groups is 1. The molecule has 38 heavy (non-hydrogen) atoms. The number of nitrogens with one attached hydrogen (secondary N) is 1. The van der Waals surface area contributed by atoms with Crippen LogP contribution in [-0.4, -0.2) is 44.5 Å². The highest BCUT2D eigenvalue weighted by Gasteiger charge is 2.52. The van der Waals surface area contributed by atoms with Crippen molar-refractivity contribution in [3.8, 4) is 5.75 Å². The largest absolute Gasteiger partial charge is 0.497 e. The van der Waals surface area contributed by atoms with Gasteiger partial charge in [-0.2, -0.15) is 0 Å². The molecule has 202 valence electrons. The number of aliphatic hydroxyl groups excluding tert-OH is 1. The molecule has 2 aliphatic heterocycles. The number of hydrogen-bond donors (Lipinski definition) is 2. The molecule has 0 radical (unpaired) electrons.